The molecule has 1 atom stereocenters. The van der Waals surface area contributed by atoms with E-state index < -0.39 is 0 Å². The average molecular weight is 283 g/mol. The van der Waals surface area contributed by atoms with Crippen LogP contribution in [-0.2, 0) is 11.2 Å². The van der Waals surface area contributed by atoms with Gasteiger partial charge in [-0.15, -0.1) is 0 Å². The summed E-state index contributed by atoms with van der Waals surface area (Å²) in [6, 6.07) is 9.32. The molecule has 1 fully saturated rings. The first-order chi connectivity index (χ1) is 10.2. The van der Waals surface area contributed by atoms with E-state index in [1.807, 2.05) is 35.2 Å². The Balaban J connectivity index is 1.84. The van der Waals surface area contributed by atoms with E-state index in [0.717, 1.165) is 37.8 Å². The van der Waals surface area contributed by atoms with Gasteiger partial charge in [-0.1, -0.05) is 24.3 Å². The van der Waals surface area contributed by atoms with Crippen LogP contribution in [-0.4, -0.2) is 29.9 Å². The zero-order chi connectivity index (χ0) is 15.1. The summed E-state index contributed by atoms with van der Waals surface area (Å²) in [4.78, 5) is 13.9. The number of allylic oxidation sites excluding steroid dienone is 1. The maximum absolute atomic E-state index is 12.0. The van der Waals surface area contributed by atoms with Gasteiger partial charge in [-0.05, 0) is 43.4 Å². The molecule has 1 aromatic carbocycles. The lowest BCUT2D eigenvalue weighted by Crippen LogP contribution is -2.42. The Morgan fingerprint density at radius 3 is 2.76 bits per heavy atom. The second-order valence-electron chi connectivity index (χ2n) is 5.37. The molecule has 0 spiro atoms. The molecule has 0 saturated carbocycles. The Kier molecular flexibility index (Phi) is 5.53. The molecule has 21 heavy (non-hydrogen) atoms. The van der Waals surface area contributed by atoms with Gasteiger partial charge in [0.2, 0.25) is 5.91 Å². The third kappa shape index (κ3) is 4.44. The molecule has 1 amide bonds. The van der Waals surface area contributed by atoms with Gasteiger partial charge in [0.1, 0.15) is 0 Å². The number of rotatable bonds is 4. The van der Waals surface area contributed by atoms with E-state index in [2.05, 4.69) is 12.1 Å². The molecule has 1 aromatic rings. The summed E-state index contributed by atoms with van der Waals surface area (Å²) in [5, 5.41) is 8.74. The first kappa shape index (κ1) is 15.3. The van der Waals surface area contributed by atoms with E-state index in [1.165, 1.54) is 0 Å². The van der Waals surface area contributed by atoms with Gasteiger partial charge in [0.25, 0.3) is 0 Å². The van der Waals surface area contributed by atoms with E-state index in [1.54, 1.807) is 0 Å². The Hall–Kier alpha value is -2.12. The summed E-state index contributed by atoms with van der Waals surface area (Å²) in [7, 11) is 0. The van der Waals surface area contributed by atoms with Gasteiger partial charge in [0.05, 0.1) is 17.7 Å². The number of carbonyl (C=O) groups excluding carboxylic acids is 1. The number of nitrogens with zero attached hydrogens (tertiary/aromatic N) is 2. The molecule has 4 heteroatoms. The van der Waals surface area contributed by atoms with Gasteiger partial charge in [0, 0.05) is 13.1 Å². The predicted octanol–water partition coefficient (Wildman–Crippen LogP) is 2.00. The molecule has 110 valence electrons. The summed E-state index contributed by atoms with van der Waals surface area (Å²) < 4.78 is 0. The molecule has 1 aliphatic rings. The normalized spacial score (nSPS) is 19.5. The third-order valence-electron chi connectivity index (χ3n) is 3.75. The van der Waals surface area contributed by atoms with Crippen molar-refractivity contribution in [1.29, 1.82) is 5.26 Å². The quantitative estimate of drug-likeness (QED) is 0.859. The summed E-state index contributed by atoms with van der Waals surface area (Å²) in [5.74, 6) is 0.0653. The molecule has 1 heterocycles. The summed E-state index contributed by atoms with van der Waals surface area (Å²) >= 11 is 0. The standard InChI is InChI=1S/C17H21N3O/c18-13-15-9-7-14(8-10-15)5-1-3-11-20-12-4-2-6-16(19)17(20)21/h1,3,7-10,16H,2,4-6,11-12,19H2/t16-/m0/s1. The van der Waals surface area contributed by atoms with Gasteiger partial charge in [-0.2, -0.15) is 5.26 Å². The van der Waals surface area contributed by atoms with Gasteiger partial charge in [-0.25, -0.2) is 0 Å². The highest BCUT2D eigenvalue weighted by atomic mass is 16.2. The Morgan fingerprint density at radius 1 is 1.29 bits per heavy atom. The highest BCUT2D eigenvalue weighted by Crippen LogP contribution is 2.10. The number of benzene rings is 1. The van der Waals surface area contributed by atoms with Crippen LogP contribution in [0.15, 0.2) is 36.4 Å². The molecule has 4 nitrogen and oxygen atoms in total. The van der Waals surface area contributed by atoms with Crippen LogP contribution < -0.4 is 5.73 Å². The van der Waals surface area contributed by atoms with Crippen molar-refractivity contribution in [3.8, 4) is 6.07 Å². The summed E-state index contributed by atoms with van der Waals surface area (Å²) in [5.41, 5.74) is 7.68. The number of nitriles is 1. The molecule has 0 radical (unpaired) electrons. The van der Waals surface area contributed by atoms with Crippen LogP contribution in [0.5, 0.6) is 0 Å². The maximum Gasteiger partial charge on any atom is 0.239 e. The molecule has 1 saturated heterocycles. The minimum atomic E-state index is -0.334. The van der Waals surface area contributed by atoms with E-state index in [0.29, 0.717) is 12.1 Å². The van der Waals surface area contributed by atoms with Gasteiger partial charge < -0.3 is 10.6 Å². The minimum Gasteiger partial charge on any atom is -0.338 e. The summed E-state index contributed by atoms with van der Waals surface area (Å²) in [6.07, 6.45) is 7.74. The summed E-state index contributed by atoms with van der Waals surface area (Å²) in [6.45, 7) is 1.43. The van der Waals surface area contributed by atoms with Crippen LogP contribution in [0.3, 0.4) is 0 Å². The van der Waals surface area contributed by atoms with Crippen LogP contribution in [0.1, 0.15) is 30.4 Å². The number of likely N-dealkylation sites (tertiary alicyclic amines) is 1. The van der Waals surface area contributed by atoms with Crippen molar-refractivity contribution in [2.75, 3.05) is 13.1 Å². The molecular formula is C17H21N3O. The smallest absolute Gasteiger partial charge is 0.239 e. The van der Waals surface area contributed by atoms with Crippen molar-refractivity contribution in [2.24, 2.45) is 5.73 Å². The van der Waals surface area contributed by atoms with Crippen LogP contribution in [0.25, 0.3) is 0 Å². The first-order valence-electron chi connectivity index (χ1n) is 7.39. The Morgan fingerprint density at radius 2 is 2.05 bits per heavy atom. The topological polar surface area (TPSA) is 70.1 Å². The molecule has 0 aromatic heterocycles. The highest BCUT2D eigenvalue weighted by molar-refractivity contribution is 5.82. The molecule has 1 aliphatic heterocycles. The molecular weight excluding hydrogens is 262 g/mol. The zero-order valence-corrected chi connectivity index (χ0v) is 12.2. The molecule has 0 unspecified atom stereocenters. The molecule has 0 bridgehead atoms. The fourth-order valence-electron chi connectivity index (χ4n) is 2.45. The maximum atomic E-state index is 12.0. The fraction of sp³-hybridized carbons (Fsp3) is 0.412. The monoisotopic (exact) mass is 283 g/mol. The lowest BCUT2D eigenvalue weighted by atomic mass is 10.1. The third-order valence-corrected chi connectivity index (χ3v) is 3.75. The van der Waals surface area contributed by atoms with Crippen LogP contribution >= 0.6 is 0 Å². The number of hydrogen-bond donors (Lipinski definition) is 1. The first-order valence-corrected chi connectivity index (χ1v) is 7.39. The second-order valence-corrected chi connectivity index (χ2v) is 5.37. The number of carbonyl (C=O) groups is 1. The fourth-order valence-corrected chi connectivity index (χ4v) is 2.45. The number of hydrogen-bond acceptors (Lipinski definition) is 3. The van der Waals surface area contributed by atoms with E-state index in [4.69, 9.17) is 11.0 Å². The Bertz CT molecular complexity index is 542. The second kappa shape index (κ2) is 7.61. The molecule has 2 rings (SSSR count). The number of amides is 1. The lowest BCUT2D eigenvalue weighted by molar-refractivity contribution is -0.131. The average Bonchev–Trinajstić information content (AvgIpc) is 2.67. The zero-order valence-electron chi connectivity index (χ0n) is 12.2. The lowest BCUT2D eigenvalue weighted by Gasteiger charge is -2.20. The molecule has 0 aliphatic carbocycles. The van der Waals surface area contributed by atoms with Crippen LogP contribution in [0, 0.1) is 11.3 Å². The van der Waals surface area contributed by atoms with Crippen molar-refractivity contribution >= 4 is 5.91 Å². The number of nitrogens with two attached hydrogens (primary N) is 1. The van der Waals surface area contributed by atoms with Crippen molar-refractivity contribution in [2.45, 2.75) is 31.7 Å². The van der Waals surface area contributed by atoms with E-state index >= 15 is 0 Å². The van der Waals surface area contributed by atoms with Crippen molar-refractivity contribution in [1.82, 2.24) is 4.90 Å². The SMILES string of the molecule is N#Cc1ccc(CC=CCN2CCCC[C@H](N)C2=O)cc1. The minimum absolute atomic E-state index is 0.0653. The van der Waals surface area contributed by atoms with Gasteiger partial charge in [-0.3, -0.25) is 4.79 Å². The van der Waals surface area contributed by atoms with Crippen LogP contribution in [0.4, 0.5) is 0 Å². The van der Waals surface area contributed by atoms with Crippen LogP contribution in [0.2, 0.25) is 0 Å². The van der Waals surface area contributed by atoms with Crippen molar-refractivity contribution in [3.05, 3.63) is 47.5 Å². The predicted molar refractivity (Wildman–Crippen MR) is 82.4 cm³/mol. The van der Waals surface area contributed by atoms with Gasteiger partial charge >= 0.3 is 0 Å². The van der Waals surface area contributed by atoms with Crippen molar-refractivity contribution in [3.63, 3.8) is 0 Å². The van der Waals surface area contributed by atoms with Crippen molar-refractivity contribution < 1.29 is 4.79 Å². The van der Waals surface area contributed by atoms with Gasteiger partial charge in [0.15, 0.2) is 0 Å². The molecule has 2 N–H and O–H groups in total. The highest BCUT2D eigenvalue weighted by Gasteiger charge is 2.22. The Labute approximate surface area is 125 Å². The van der Waals surface area contributed by atoms with E-state index in [-0.39, 0.29) is 11.9 Å². The largest absolute Gasteiger partial charge is 0.338 e. The van der Waals surface area contributed by atoms with E-state index in [9.17, 15) is 4.79 Å².